The van der Waals surface area contributed by atoms with E-state index in [2.05, 4.69) is 0 Å². The molecule has 0 radical (unpaired) electrons. The van der Waals surface area contributed by atoms with Crippen molar-refractivity contribution >= 4 is 29.1 Å². The van der Waals surface area contributed by atoms with Crippen LogP contribution in [0.15, 0.2) is 36.4 Å². The molecule has 0 spiro atoms. The Morgan fingerprint density at radius 3 is 2.31 bits per heavy atom. The van der Waals surface area contributed by atoms with Crippen LogP contribution < -0.4 is 0 Å². The van der Waals surface area contributed by atoms with Crippen molar-refractivity contribution in [1.82, 2.24) is 0 Å². The highest BCUT2D eigenvalue weighted by Crippen LogP contribution is 2.69. The number of benzene rings is 2. The zero-order valence-corrected chi connectivity index (χ0v) is 17.8. The summed E-state index contributed by atoms with van der Waals surface area (Å²) in [5.74, 6) is -5.58. The third kappa shape index (κ3) is 2.48. The normalized spacial score (nSPS) is 30.0. The van der Waals surface area contributed by atoms with Gasteiger partial charge in [0.25, 0.3) is 0 Å². The standard InChI is InChI=1S/C22H12Cl2F2N4O2/c1-11-21(10-29)19(30)32-22(11,15-4-2-12(23)6-16(15)24)31-18(20(21,8-27)9-28)14-7-13(25)3-5-17(14)26/h2-7,11,18,30H,1H3. The van der Waals surface area contributed by atoms with Crippen LogP contribution in [-0.4, -0.2) is 5.90 Å². The maximum Gasteiger partial charge on any atom is 0.245 e. The molecule has 2 aromatic rings. The van der Waals surface area contributed by atoms with Crippen LogP contribution in [0.5, 0.6) is 0 Å². The number of halogens is 4. The second-order valence-corrected chi connectivity index (χ2v) is 8.40. The van der Waals surface area contributed by atoms with E-state index < -0.39 is 51.7 Å². The van der Waals surface area contributed by atoms with Gasteiger partial charge in [0.15, 0.2) is 5.41 Å². The monoisotopic (exact) mass is 472 g/mol. The molecule has 2 aliphatic heterocycles. The van der Waals surface area contributed by atoms with Crippen molar-refractivity contribution in [2.24, 2.45) is 16.7 Å². The van der Waals surface area contributed by atoms with Gasteiger partial charge in [0.05, 0.1) is 29.1 Å². The number of rotatable bonds is 2. The predicted octanol–water partition coefficient (Wildman–Crippen LogP) is 5.38. The number of hydrogen-bond donors (Lipinski definition) is 1. The van der Waals surface area contributed by atoms with Crippen LogP contribution in [-0.2, 0) is 15.3 Å². The molecule has 10 heteroatoms. The molecule has 32 heavy (non-hydrogen) atoms. The van der Waals surface area contributed by atoms with E-state index in [1.807, 2.05) is 6.07 Å². The molecule has 4 rings (SSSR count). The van der Waals surface area contributed by atoms with Crippen LogP contribution in [0.2, 0.25) is 10.0 Å². The maximum absolute atomic E-state index is 14.8. The lowest BCUT2D eigenvalue weighted by atomic mass is 9.53. The first-order valence-electron chi connectivity index (χ1n) is 9.23. The first-order chi connectivity index (χ1) is 15.1. The van der Waals surface area contributed by atoms with Crippen LogP contribution in [0.3, 0.4) is 0 Å². The van der Waals surface area contributed by atoms with Gasteiger partial charge in [-0.25, -0.2) is 8.78 Å². The van der Waals surface area contributed by atoms with Crippen molar-refractivity contribution in [2.45, 2.75) is 18.8 Å². The number of hydrogen-bond acceptors (Lipinski definition) is 6. The molecule has 1 N–H and O–H groups in total. The fraction of sp³-hybridized carbons (Fsp3) is 0.273. The number of nitrogens with one attached hydrogen (secondary N) is 1. The van der Waals surface area contributed by atoms with Gasteiger partial charge >= 0.3 is 0 Å². The summed E-state index contributed by atoms with van der Waals surface area (Å²) in [6.45, 7) is 1.47. The quantitative estimate of drug-likeness (QED) is 0.629. The van der Waals surface area contributed by atoms with Crippen molar-refractivity contribution in [3.05, 3.63) is 69.2 Å². The molecular weight excluding hydrogens is 461 g/mol. The Hall–Kier alpha value is -3.22. The Balaban J connectivity index is 2.10. The van der Waals surface area contributed by atoms with Crippen LogP contribution in [0.4, 0.5) is 8.78 Å². The molecule has 2 saturated heterocycles. The molecule has 0 aliphatic carbocycles. The number of ether oxygens (including phenoxy) is 2. The van der Waals surface area contributed by atoms with E-state index in [1.54, 1.807) is 12.1 Å². The second-order valence-electron chi connectivity index (χ2n) is 7.56. The predicted molar refractivity (Wildman–Crippen MR) is 108 cm³/mol. The van der Waals surface area contributed by atoms with Crippen molar-refractivity contribution in [3.63, 3.8) is 0 Å². The van der Waals surface area contributed by atoms with E-state index in [-0.39, 0.29) is 15.6 Å². The summed E-state index contributed by atoms with van der Waals surface area (Å²) in [5.41, 5.74) is -4.93. The van der Waals surface area contributed by atoms with Gasteiger partial charge in [-0.05, 0) is 36.4 Å². The fourth-order valence-electron chi connectivity index (χ4n) is 4.61. The zero-order chi connectivity index (χ0) is 23.5. The summed E-state index contributed by atoms with van der Waals surface area (Å²) in [5, 5.41) is 39.3. The summed E-state index contributed by atoms with van der Waals surface area (Å²) >= 11 is 12.4. The Kier molecular flexibility index (Phi) is 4.91. The molecule has 4 unspecified atom stereocenters. The molecule has 2 bridgehead atoms. The highest BCUT2D eigenvalue weighted by molar-refractivity contribution is 6.35. The third-order valence-electron chi connectivity index (χ3n) is 6.22. The van der Waals surface area contributed by atoms with Crippen LogP contribution in [0, 0.1) is 67.8 Å². The number of nitriles is 3. The molecule has 2 aromatic carbocycles. The lowest BCUT2D eigenvalue weighted by Crippen LogP contribution is -2.57. The van der Waals surface area contributed by atoms with Gasteiger partial charge in [0.1, 0.15) is 17.7 Å². The van der Waals surface area contributed by atoms with Gasteiger partial charge in [-0.1, -0.05) is 30.1 Å². The molecule has 0 saturated carbocycles. The van der Waals surface area contributed by atoms with Gasteiger partial charge < -0.3 is 9.47 Å². The molecule has 2 heterocycles. The molecule has 2 fully saturated rings. The molecular formula is C22H12Cl2F2N4O2. The highest BCUT2D eigenvalue weighted by atomic mass is 35.5. The smallest absolute Gasteiger partial charge is 0.245 e. The Labute approximate surface area is 191 Å². The maximum atomic E-state index is 14.8. The summed E-state index contributed by atoms with van der Waals surface area (Å²) < 4.78 is 40.8. The summed E-state index contributed by atoms with van der Waals surface area (Å²) in [4.78, 5) is 0. The van der Waals surface area contributed by atoms with Crippen molar-refractivity contribution in [2.75, 3.05) is 0 Å². The van der Waals surface area contributed by atoms with E-state index in [0.717, 1.165) is 18.2 Å². The van der Waals surface area contributed by atoms with Crippen molar-refractivity contribution in [1.29, 1.82) is 21.2 Å². The minimum Gasteiger partial charge on any atom is -0.443 e. The Morgan fingerprint density at radius 2 is 1.72 bits per heavy atom. The van der Waals surface area contributed by atoms with Gasteiger partial charge in [-0.2, -0.15) is 15.8 Å². The first kappa shape index (κ1) is 22.0. The van der Waals surface area contributed by atoms with E-state index in [9.17, 15) is 24.6 Å². The first-order valence-corrected chi connectivity index (χ1v) is 9.99. The van der Waals surface area contributed by atoms with Crippen molar-refractivity contribution < 1.29 is 18.3 Å². The van der Waals surface area contributed by atoms with Gasteiger partial charge in [0, 0.05) is 16.1 Å². The topological polar surface area (TPSA) is 114 Å². The fourth-order valence-corrected chi connectivity index (χ4v) is 5.15. The average molecular weight is 473 g/mol. The van der Waals surface area contributed by atoms with Gasteiger partial charge in [0.2, 0.25) is 17.1 Å². The van der Waals surface area contributed by atoms with Crippen LogP contribution in [0.25, 0.3) is 0 Å². The number of nitrogens with zero attached hydrogens (tertiary/aromatic N) is 3. The van der Waals surface area contributed by atoms with Crippen LogP contribution in [0.1, 0.15) is 24.2 Å². The summed E-state index contributed by atoms with van der Waals surface area (Å²) in [6, 6.07) is 12.2. The van der Waals surface area contributed by atoms with E-state index in [0.29, 0.717) is 0 Å². The molecule has 0 aromatic heterocycles. The van der Waals surface area contributed by atoms with E-state index in [4.69, 9.17) is 38.1 Å². The minimum atomic E-state index is -2.44. The minimum absolute atomic E-state index is 0.0609. The Morgan fingerprint density at radius 1 is 1.03 bits per heavy atom. The molecule has 2 aliphatic rings. The zero-order valence-electron chi connectivity index (χ0n) is 16.3. The summed E-state index contributed by atoms with van der Waals surface area (Å²) in [7, 11) is 0. The van der Waals surface area contributed by atoms with E-state index in [1.165, 1.54) is 25.1 Å². The highest BCUT2D eigenvalue weighted by Gasteiger charge is 2.80. The van der Waals surface area contributed by atoms with E-state index >= 15 is 0 Å². The lowest BCUT2D eigenvalue weighted by Gasteiger charge is -2.48. The molecule has 160 valence electrons. The Bertz CT molecular complexity index is 1280. The molecule has 6 nitrogen and oxygen atoms in total. The summed E-state index contributed by atoms with van der Waals surface area (Å²) in [6.07, 6.45) is -1.79. The average Bonchev–Trinajstić information content (AvgIpc) is 2.92. The van der Waals surface area contributed by atoms with Gasteiger partial charge in [-0.3, -0.25) is 5.41 Å². The lowest BCUT2D eigenvalue weighted by molar-refractivity contribution is -0.289. The van der Waals surface area contributed by atoms with Gasteiger partial charge in [-0.15, -0.1) is 0 Å². The van der Waals surface area contributed by atoms with Crippen molar-refractivity contribution in [3.8, 4) is 18.2 Å². The molecule has 4 atom stereocenters. The SMILES string of the molecule is CC1C2(c3ccc(Cl)cc3Cl)OC(=N)C1(C#N)C(C#N)(C#N)C(c1cc(F)ccc1F)O2. The van der Waals surface area contributed by atoms with Crippen LogP contribution >= 0.6 is 23.2 Å². The largest absolute Gasteiger partial charge is 0.443 e. The molecule has 0 amide bonds. The number of fused-ring (bicyclic) bond motifs is 2. The third-order valence-corrected chi connectivity index (χ3v) is 6.76. The second kappa shape index (κ2) is 7.15.